The van der Waals surface area contributed by atoms with Crippen LogP contribution in [0.3, 0.4) is 0 Å². The molecule has 0 saturated heterocycles. The van der Waals surface area contributed by atoms with E-state index in [9.17, 15) is 0 Å². The third kappa shape index (κ3) is 4.61. The topological polar surface area (TPSA) is 51.6 Å². The number of hydrogen-bond acceptors (Lipinski definition) is 4. The van der Waals surface area contributed by atoms with Crippen LogP contribution in [0.1, 0.15) is 11.1 Å². The van der Waals surface area contributed by atoms with Gasteiger partial charge >= 0.3 is 0 Å². The lowest BCUT2D eigenvalue weighted by atomic mass is 9.98. The highest BCUT2D eigenvalue weighted by Gasteiger charge is 2.20. The summed E-state index contributed by atoms with van der Waals surface area (Å²) in [6.45, 7) is 0. The number of aromatic nitrogens is 4. The van der Waals surface area contributed by atoms with Gasteiger partial charge in [0.05, 0.1) is 0 Å². The average molecular weight is 625 g/mol. The van der Waals surface area contributed by atoms with Gasteiger partial charge in [0.1, 0.15) is 11.0 Å². The molecule has 2 aromatic heterocycles. The standard InChI is InChI=1S/C45H28N4/c1-2-9-28(10-3-1)29-17-19-30(20-18-29)31-12-8-13-34(23-31)44-46-26-40-37-15-6-7-16-38(37)41-27-47-45(49-43(41)42(40)48-44)35-22-21-33-24-32-11-4-5-14-36(32)39(33)25-35/h1-23,25-27H,24H2. The molecule has 228 valence electrons. The number of rotatable bonds is 4. The van der Waals surface area contributed by atoms with Crippen molar-refractivity contribution in [3.8, 4) is 56.2 Å². The van der Waals surface area contributed by atoms with Gasteiger partial charge in [-0.25, -0.2) is 19.9 Å². The Labute approximate surface area is 283 Å². The van der Waals surface area contributed by atoms with Gasteiger partial charge in [0.25, 0.3) is 0 Å². The van der Waals surface area contributed by atoms with Crippen LogP contribution in [0.15, 0.2) is 158 Å². The maximum atomic E-state index is 5.24. The Bertz CT molecular complexity index is 2730. The molecule has 0 radical (unpaired) electrons. The minimum absolute atomic E-state index is 0.668. The van der Waals surface area contributed by atoms with E-state index in [-0.39, 0.29) is 0 Å². The zero-order chi connectivity index (χ0) is 32.3. The van der Waals surface area contributed by atoms with Gasteiger partial charge in [-0.3, -0.25) is 0 Å². The van der Waals surface area contributed by atoms with E-state index < -0.39 is 0 Å². The lowest BCUT2D eigenvalue weighted by Crippen LogP contribution is -1.97. The molecule has 1 aliphatic rings. The molecule has 7 aromatic carbocycles. The molecule has 10 rings (SSSR count). The Morgan fingerprint density at radius 2 is 0.857 bits per heavy atom. The van der Waals surface area contributed by atoms with Crippen molar-refractivity contribution >= 4 is 32.6 Å². The lowest BCUT2D eigenvalue weighted by Gasteiger charge is -2.12. The zero-order valence-corrected chi connectivity index (χ0v) is 26.5. The average Bonchev–Trinajstić information content (AvgIpc) is 3.56. The molecule has 0 spiro atoms. The van der Waals surface area contributed by atoms with E-state index in [1.54, 1.807) is 0 Å². The molecule has 0 bridgehead atoms. The molecular weight excluding hydrogens is 597 g/mol. The van der Waals surface area contributed by atoms with Crippen LogP contribution in [0.5, 0.6) is 0 Å². The van der Waals surface area contributed by atoms with Crippen molar-refractivity contribution in [3.63, 3.8) is 0 Å². The Balaban J connectivity index is 1.10. The first-order valence-corrected chi connectivity index (χ1v) is 16.6. The van der Waals surface area contributed by atoms with E-state index in [1.807, 2.05) is 18.5 Å². The van der Waals surface area contributed by atoms with E-state index >= 15 is 0 Å². The van der Waals surface area contributed by atoms with Crippen molar-refractivity contribution in [1.29, 1.82) is 0 Å². The number of nitrogens with zero attached hydrogens (tertiary/aromatic N) is 4. The van der Waals surface area contributed by atoms with Gasteiger partial charge < -0.3 is 0 Å². The Hall–Kier alpha value is -6.52. The second kappa shape index (κ2) is 11.0. The quantitative estimate of drug-likeness (QED) is 0.183. The molecule has 49 heavy (non-hydrogen) atoms. The van der Waals surface area contributed by atoms with Gasteiger partial charge in [-0.05, 0) is 73.8 Å². The van der Waals surface area contributed by atoms with Crippen LogP contribution < -0.4 is 0 Å². The van der Waals surface area contributed by atoms with Gasteiger partial charge in [-0.1, -0.05) is 133 Å². The van der Waals surface area contributed by atoms with Crippen LogP contribution in [0, 0.1) is 0 Å². The van der Waals surface area contributed by atoms with E-state index in [0.717, 1.165) is 61.3 Å². The van der Waals surface area contributed by atoms with Gasteiger partial charge in [-0.2, -0.15) is 0 Å². The summed E-state index contributed by atoms with van der Waals surface area (Å²) in [6.07, 6.45) is 4.87. The molecular formula is C45H28N4. The third-order valence-electron chi connectivity index (χ3n) is 9.81. The van der Waals surface area contributed by atoms with Gasteiger partial charge in [0.15, 0.2) is 11.6 Å². The number of fused-ring (bicyclic) bond motifs is 9. The lowest BCUT2D eigenvalue weighted by molar-refractivity contribution is 1.21. The van der Waals surface area contributed by atoms with Crippen LogP contribution in [-0.4, -0.2) is 19.9 Å². The predicted molar refractivity (Wildman–Crippen MR) is 200 cm³/mol. The summed E-state index contributed by atoms with van der Waals surface area (Å²) in [6, 6.07) is 51.3. The molecule has 0 unspecified atom stereocenters. The highest BCUT2D eigenvalue weighted by Crippen LogP contribution is 2.39. The molecule has 4 nitrogen and oxygen atoms in total. The van der Waals surface area contributed by atoms with E-state index in [4.69, 9.17) is 19.9 Å². The summed E-state index contributed by atoms with van der Waals surface area (Å²) < 4.78 is 0. The minimum atomic E-state index is 0.668. The maximum absolute atomic E-state index is 5.24. The van der Waals surface area contributed by atoms with Gasteiger partial charge in [-0.15, -0.1) is 0 Å². The first-order chi connectivity index (χ1) is 24.3. The fraction of sp³-hybridized carbons (Fsp3) is 0.0222. The monoisotopic (exact) mass is 624 g/mol. The van der Waals surface area contributed by atoms with E-state index in [0.29, 0.717) is 11.6 Å². The first kappa shape index (κ1) is 27.6. The van der Waals surface area contributed by atoms with Gasteiger partial charge in [0, 0.05) is 34.3 Å². The summed E-state index contributed by atoms with van der Waals surface area (Å²) >= 11 is 0. The second-order valence-electron chi connectivity index (χ2n) is 12.7. The fourth-order valence-corrected chi connectivity index (χ4v) is 7.34. The Morgan fingerprint density at radius 1 is 0.347 bits per heavy atom. The Kier molecular flexibility index (Phi) is 6.21. The highest BCUT2D eigenvalue weighted by atomic mass is 14.9. The fourth-order valence-electron chi connectivity index (χ4n) is 7.34. The van der Waals surface area contributed by atoms with E-state index in [2.05, 4.69) is 140 Å². The minimum Gasteiger partial charge on any atom is -0.236 e. The summed E-state index contributed by atoms with van der Waals surface area (Å²) in [5, 5.41) is 4.15. The predicted octanol–water partition coefficient (Wildman–Crippen LogP) is 11.0. The smallest absolute Gasteiger partial charge is 0.159 e. The van der Waals surface area contributed by atoms with Crippen LogP contribution in [0.4, 0.5) is 0 Å². The Morgan fingerprint density at radius 3 is 1.57 bits per heavy atom. The summed E-state index contributed by atoms with van der Waals surface area (Å²) in [4.78, 5) is 20.3. The van der Waals surface area contributed by atoms with Crippen molar-refractivity contribution in [3.05, 3.63) is 169 Å². The van der Waals surface area contributed by atoms with Crippen molar-refractivity contribution in [2.45, 2.75) is 6.42 Å². The van der Waals surface area contributed by atoms with Crippen LogP contribution in [0.2, 0.25) is 0 Å². The van der Waals surface area contributed by atoms with Gasteiger partial charge in [0.2, 0.25) is 0 Å². The molecule has 0 amide bonds. The van der Waals surface area contributed by atoms with Crippen LogP contribution >= 0.6 is 0 Å². The molecule has 0 atom stereocenters. The molecule has 0 N–H and O–H groups in total. The summed E-state index contributed by atoms with van der Waals surface area (Å²) in [5.74, 6) is 1.36. The molecule has 0 aliphatic heterocycles. The molecule has 0 saturated carbocycles. The highest BCUT2D eigenvalue weighted by molar-refractivity contribution is 6.23. The van der Waals surface area contributed by atoms with Crippen molar-refractivity contribution in [2.75, 3.05) is 0 Å². The summed E-state index contributed by atoms with van der Waals surface area (Å²) in [5.41, 5.74) is 13.5. The zero-order valence-electron chi connectivity index (χ0n) is 26.5. The second-order valence-corrected chi connectivity index (χ2v) is 12.7. The van der Waals surface area contributed by atoms with E-state index in [1.165, 1.54) is 33.4 Å². The van der Waals surface area contributed by atoms with Crippen molar-refractivity contribution in [2.24, 2.45) is 0 Å². The molecule has 1 aliphatic carbocycles. The largest absolute Gasteiger partial charge is 0.236 e. The molecule has 4 heteroatoms. The molecule has 2 heterocycles. The normalized spacial score (nSPS) is 12.0. The SMILES string of the molecule is c1ccc(-c2ccc(-c3cccc(-c4ncc5c6ccccc6c6cnc(-c7ccc8c(c7)-c7ccccc7C8)nc6c5n4)c3)cc2)cc1. The number of benzene rings is 7. The first-order valence-electron chi connectivity index (χ1n) is 16.6. The molecule has 0 fully saturated rings. The number of hydrogen-bond donors (Lipinski definition) is 0. The third-order valence-corrected chi connectivity index (χ3v) is 9.81. The summed E-state index contributed by atoms with van der Waals surface area (Å²) in [7, 11) is 0. The van der Waals surface area contributed by atoms with Crippen molar-refractivity contribution < 1.29 is 0 Å². The molecule has 9 aromatic rings. The van der Waals surface area contributed by atoms with Crippen LogP contribution in [-0.2, 0) is 6.42 Å². The van der Waals surface area contributed by atoms with Crippen molar-refractivity contribution in [1.82, 2.24) is 19.9 Å². The van der Waals surface area contributed by atoms with Crippen LogP contribution in [0.25, 0.3) is 88.7 Å². The maximum Gasteiger partial charge on any atom is 0.159 e.